The molecule has 0 radical (unpaired) electrons. The first kappa shape index (κ1) is 11.3. The molecule has 0 fully saturated rings. The molecule has 0 spiro atoms. The number of halogens is 1. The Bertz CT molecular complexity index is 748. The quantitative estimate of drug-likeness (QED) is 0.782. The lowest BCUT2D eigenvalue weighted by molar-refractivity contribution is 0.424. The molecular formula is C12H9BrN2O3. The number of rotatable bonds is 0. The molecule has 0 amide bonds. The first-order valence-corrected chi connectivity index (χ1v) is 6.19. The van der Waals surface area contributed by atoms with E-state index >= 15 is 0 Å². The third kappa shape index (κ3) is 1.60. The van der Waals surface area contributed by atoms with Gasteiger partial charge in [-0.3, -0.25) is 14.8 Å². The Morgan fingerprint density at radius 3 is 2.83 bits per heavy atom. The summed E-state index contributed by atoms with van der Waals surface area (Å²) in [5.74, 6) is 0.743. The van der Waals surface area contributed by atoms with Gasteiger partial charge in [-0.1, -0.05) is 22.9 Å². The maximum absolute atomic E-state index is 11.8. The van der Waals surface area contributed by atoms with Crippen molar-refractivity contribution in [3.8, 4) is 11.6 Å². The molecule has 1 aromatic heterocycles. The van der Waals surface area contributed by atoms with Gasteiger partial charge < -0.3 is 4.74 Å². The van der Waals surface area contributed by atoms with E-state index < -0.39 is 11.2 Å². The Balaban J connectivity index is 2.28. The van der Waals surface area contributed by atoms with Crippen molar-refractivity contribution in [1.82, 2.24) is 9.97 Å². The number of aromatic amines is 2. The molecule has 1 aromatic carbocycles. The van der Waals surface area contributed by atoms with E-state index in [0.29, 0.717) is 11.3 Å². The molecule has 6 heteroatoms. The zero-order valence-corrected chi connectivity index (χ0v) is 11.0. The minimum absolute atomic E-state index is 0.137. The van der Waals surface area contributed by atoms with Crippen molar-refractivity contribution in [2.24, 2.45) is 0 Å². The zero-order valence-electron chi connectivity index (χ0n) is 9.41. The van der Waals surface area contributed by atoms with E-state index in [1.54, 1.807) is 6.07 Å². The van der Waals surface area contributed by atoms with E-state index in [4.69, 9.17) is 4.74 Å². The summed E-state index contributed by atoms with van der Waals surface area (Å²) in [6.45, 7) is 1.90. The second kappa shape index (κ2) is 3.84. The van der Waals surface area contributed by atoms with Gasteiger partial charge >= 0.3 is 5.69 Å². The molecule has 1 unspecified atom stereocenters. The summed E-state index contributed by atoms with van der Waals surface area (Å²) < 4.78 is 6.49. The molecule has 5 nitrogen and oxygen atoms in total. The lowest BCUT2D eigenvalue weighted by Gasteiger charge is -2.24. The van der Waals surface area contributed by atoms with E-state index in [0.717, 1.165) is 10.0 Å². The lowest BCUT2D eigenvalue weighted by atomic mass is 9.92. The predicted molar refractivity (Wildman–Crippen MR) is 69.4 cm³/mol. The minimum Gasteiger partial charge on any atom is -0.440 e. The first-order valence-electron chi connectivity index (χ1n) is 5.40. The van der Waals surface area contributed by atoms with E-state index in [1.165, 1.54) is 0 Å². The van der Waals surface area contributed by atoms with Crippen LogP contribution in [-0.4, -0.2) is 9.97 Å². The van der Waals surface area contributed by atoms with Crippen LogP contribution in [0.1, 0.15) is 24.0 Å². The monoisotopic (exact) mass is 308 g/mol. The number of benzene rings is 1. The molecular weight excluding hydrogens is 300 g/mol. The van der Waals surface area contributed by atoms with Gasteiger partial charge in [-0.15, -0.1) is 0 Å². The molecule has 18 heavy (non-hydrogen) atoms. The van der Waals surface area contributed by atoms with Gasteiger partial charge in [0, 0.05) is 16.0 Å². The van der Waals surface area contributed by atoms with Crippen molar-refractivity contribution >= 4 is 15.9 Å². The number of hydrogen-bond donors (Lipinski definition) is 2. The summed E-state index contributed by atoms with van der Waals surface area (Å²) in [4.78, 5) is 27.8. The average Bonchev–Trinajstić information content (AvgIpc) is 2.29. The van der Waals surface area contributed by atoms with Gasteiger partial charge in [0.05, 0.1) is 5.56 Å². The standard InChI is InChI=1S/C12H9BrN2O3/c1-5-7-4-6(13)2-3-8(7)18-11-9(5)10(16)14-12(17)15-11/h2-5H,1H3,(H2,14,15,16,17). The van der Waals surface area contributed by atoms with Crippen LogP contribution in [0.3, 0.4) is 0 Å². The number of aromatic nitrogens is 2. The lowest BCUT2D eigenvalue weighted by Crippen LogP contribution is -2.29. The highest BCUT2D eigenvalue weighted by Gasteiger charge is 2.27. The van der Waals surface area contributed by atoms with Crippen LogP contribution < -0.4 is 16.0 Å². The van der Waals surface area contributed by atoms with E-state index in [2.05, 4.69) is 25.9 Å². The predicted octanol–water partition coefficient (Wildman–Crippen LogP) is 2.08. The maximum atomic E-state index is 11.8. The SMILES string of the molecule is CC1c2cc(Br)ccc2Oc2[nH]c(=O)[nH]c(=O)c21. The normalized spacial score (nSPS) is 16.7. The van der Waals surface area contributed by atoms with Crippen molar-refractivity contribution in [2.45, 2.75) is 12.8 Å². The topological polar surface area (TPSA) is 75.0 Å². The largest absolute Gasteiger partial charge is 0.440 e. The third-order valence-corrected chi connectivity index (χ3v) is 3.52. The van der Waals surface area contributed by atoms with Crippen molar-refractivity contribution in [3.05, 3.63) is 54.6 Å². The number of ether oxygens (including phenoxy) is 1. The molecule has 92 valence electrons. The van der Waals surface area contributed by atoms with Crippen molar-refractivity contribution < 1.29 is 4.74 Å². The summed E-state index contributed by atoms with van der Waals surface area (Å²) in [6, 6.07) is 5.56. The zero-order chi connectivity index (χ0) is 12.9. The highest BCUT2D eigenvalue weighted by Crippen LogP contribution is 2.41. The van der Waals surface area contributed by atoms with Gasteiger partial charge in [0.25, 0.3) is 5.56 Å². The molecule has 0 saturated heterocycles. The van der Waals surface area contributed by atoms with Crippen molar-refractivity contribution in [3.63, 3.8) is 0 Å². The molecule has 2 aromatic rings. The van der Waals surface area contributed by atoms with E-state index in [-0.39, 0.29) is 11.8 Å². The molecule has 0 saturated carbocycles. The van der Waals surface area contributed by atoms with Gasteiger partial charge in [-0.25, -0.2) is 4.79 Å². The summed E-state index contributed by atoms with van der Waals surface area (Å²) in [5.41, 5.74) is 0.382. The summed E-state index contributed by atoms with van der Waals surface area (Å²) in [7, 11) is 0. The molecule has 2 N–H and O–H groups in total. The van der Waals surface area contributed by atoms with E-state index in [9.17, 15) is 9.59 Å². The Kier molecular flexibility index (Phi) is 2.41. The van der Waals surface area contributed by atoms with Crippen molar-refractivity contribution in [2.75, 3.05) is 0 Å². The fraction of sp³-hybridized carbons (Fsp3) is 0.167. The second-order valence-corrected chi connectivity index (χ2v) is 5.07. The van der Waals surface area contributed by atoms with Crippen molar-refractivity contribution in [1.29, 1.82) is 0 Å². The fourth-order valence-corrected chi connectivity index (χ4v) is 2.54. The van der Waals surface area contributed by atoms with Gasteiger partial charge in [0.1, 0.15) is 5.75 Å². The highest BCUT2D eigenvalue weighted by atomic mass is 79.9. The molecule has 0 bridgehead atoms. The molecule has 3 rings (SSSR count). The van der Waals surface area contributed by atoms with Gasteiger partial charge in [0.2, 0.25) is 5.88 Å². The molecule has 1 atom stereocenters. The van der Waals surface area contributed by atoms with Gasteiger partial charge in [0.15, 0.2) is 0 Å². The Morgan fingerprint density at radius 1 is 1.28 bits per heavy atom. The second-order valence-electron chi connectivity index (χ2n) is 4.16. The fourth-order valence-electron chi connectivity index (χ4n) is 2.17. The van der Waals surface area contributed by atoms with Crippen LogP contribution in [0.5, 0.6) is 11.6 Å². The smallest absolute Gasteiger partial charge is 0.328 e. The van der Waals surface area contributed by atoms with Crippen LogP contribution in [0.4, 0.5) is 0 Å². The van der Waals surface area contributed by atoms with Gasteiger partial charge in [-0.2, -0.15) is 0 Å². The Morgan fingerprint density at radius 2 is 2.06 bits per heavy atom. The Hall–Kier alpha value is -1.82. The molecule has 1 aliphatic heterocycles. The van der Waals surface area contributed by atoms with Crippen LogP contribution in [-0.2, 0) is 0 Å². The molecule has 2 heterocycles. The van der Waals surface area contributed by atoms with Crippen LogP contribution in [0.2, 0.25) is 0 Å². The number of nitrogens with one attached hydrogen (secondary N) is 2. The van der Waals surface area contributed by atoms with Crippen LogP contribution in [0.25, 0.3) is 0 Å². The highest BCUT2D eigenvalue weighted by molar-refractivity contribution is 9.10. The molecule has 1 aliphatic rings. The minimum atomic E-state index is -0.563. The number of H-pyrrole nitrogens is 2. The Labute approximate surface area is 110 Å². The van der Waals surface area contributed by atoms with E-state index in [1.807, 2.05) is 19.1 Å². The molecule has 0 aliphatic carbocycles. The summed E-state index contributed by atoms with van der Waals surface area (Å²) >= 11 is 3.39. The third-order valence-electron chi connectivity index (χ3n) is 3.03. The number of hydrogen-bond acceptors (Lipinski definition) is 3. The van der Waals surface area contributed by atoms with Crippen LogP contribution in [0, 0.1) is 0 Å². The summed E-state index contributed by atoms with van der Waals surface area (Å²) in [5, 5.41) is 0. The maximum Gasteiger partial charge on any atom is 0.328 e. The first-order chi connectivity index (χ1) is 8.56. The number of fused-ring (bicyclic) bond motifs is 2. The van der Waals surface area contributed by atoms with Crippen LogP contribution in [0.15, 0.2) is 32.3 Å². The average molecular weight is 309 g/mol. The van der Waals surface area contributed by atoms with Gasteiger partial charge in [-0.05, 0) is 18.2 Å². The summed E-state index contributed by atoms with van der Waals surface area (Å²) in [6.07, 6.45) is 0. The van der Waals surface area contributed by atoms with Crippen LogP contribution >= 0.6 is 15.9 Å².